The molecule has 1 heterocycles. The van der Waals surface area contributed by atoms with Gasteiger partial charge in [-0.15, -0.1) is 5.10 Å². The van der Waals surface area contributed by atoms with Gasteiger partial charge in [0, 0.05) is 26.0 Å². The zero-order valence-corrected chi connectivity index (χ0v) is 12.8. The fraction of sp³-hybridized carbons (Fsp3) is 0.267. The van der Waals surface area contributed by atoms with E-state index in [1.807, 2.05) is 56.4 Å². The summed E-state index contributed by atoms with van der Waals surface area (Å²) in [5.74, 6) is 0.850. The molecule has 0 atom stereocenters. The quantitative estimate of drug-likeness (QED) is 0.790. The number of aryl methyl sites for hydroxylation is 1. The average molecular weight is 286 g/mol. The van der Waals surface area contributed by atoms with Crippen LogP contribution in [0.3, 0.4) is 0 Å². The van der Waals surface area contributed by atoms with Crippen molar-refractivity contribution in [1.29, 1.82) is 0 Å². The number of nitrogens with zero attached hydrogens (tertiary/aromatic N) is 4. The van der Waals surface area contributed by atoms with Gasteiger partial charge in [-0.05, 0) is 18.6 Å². The van der Waals surface area contributed by atoms with Gasteiger partial charge in [-0.2, -0.15) is 5.10 Å². The van der Waals surface area contributed by atoms with E-state index in [-0.39, 0.29) is 0 Å². The monoisotopic (exact) mass is 286 g/mol. The minimum absolute atomic E-state index is 0.706. The molecule has 0 fully saturated rings. The molecule has 20 heavy (non-hydrogen) atoms. The number of thioether (sulfide) groups is 1. The van der Waals surface area contributed by atoms with E-state index in [1.165, 1.54) is 5.56 Å². The van der Waals surface area contributed by atoms with E-state index in [9.17, 15) is 0 Å². The Hall–Kier alpha value is -1.88. The zero-order chi connectivity index (χ0) is 14.4. The second kappa shape index (κ2) is 7.05. The van der Waals surface area contributed by atoms with Crippen molar-refractivity contribution >= 4 is 17.8 Å². The van der Waals surface area contributed by atoms with Gasteiger partial charge in [0.2, 0.25) is 5.16 Å². The predicted octanol–water partition coefficient (Wildman–Crippen LogP) is 3.00. The number of rotatable bonds is 5. The lowest BCUT2D eigenvalue weighted by molar-refractivity contribution is 0.567. The van der Waals surface area contributed by atoms with Crippen LogP contribution in [0.15, 0.2) is 41.7 Å². The van der Waals surface area contributed by atoms with Crippen LogP contribution in [0.2, 0.25) is 0 Å². The molecule has 1 aromatic carbocycles. The SMILES string of the molecule is Cc1nnc(SCc2ccccc2)nc1C=CN(C)C. The van der Waals surface area contributed by atoms with Crippen LogP contribution < -0.4 is 0 Å². The molecule has 0 saturated carbocycles. The highest BCUT2D eigenvalue weighted by Crippen LogP contribution is 2.19. The summed E-state index contributed by atoms with van der Waals surface area (Å²) in [6.45, 7) is 1.92. The van der Waals surface area contributed by atoms with E-state index < -0.39 is 0 Å². The van der Waals surface area contributed by atoms with E-state index in [0.717, 1.165) is 17.1 Å². The molecule has 0 unspecified atom stereocenters. The van der Waals surface area contributed by atoms with Crippen molar-refractivity contribution < 1.29 is 0 Å². The van der Waals surface area contributed by atoms with Crippen LogP contribution in [-0.4, -0.2) is 34.2 Å². The summed E-state index contributed by atoms with van der Waals surface area (Å²) < 4.78 is 0. The first-order chi connectivity index (χ1) is 9.65. The molecule has 4 nitrogen and oxygen atoms in total. The van der Waals surface area contributed by atoms with Crippen molar-refractivity contribution in [3.63, 3.8) is 0 Å². The second-order valence-electron chi connectivity index (χ2n) is 4.62. The maximum absolute atomic E-state index is 4.54. The van der Waals surface area contributed by atoms with Crippen molar-refractivity contribution in [2.45, 2.75) is 17.8 Å². The molecule has 0 aliphatic rings. The Morgan fingerprint density at radius 3 is 2.60 bits per heavy atom. The van der Waals surface area contributed by atoms with Crippen LogP contribution in [0.5, 0.6) is 0 Å². The fourth-order valence-corrected chi connectivity index (χ4v) is 2.29. The van der Waals surface area contributed by atoms with Gasteiger partial charge in [0.1, 0.15) is 0 Å². The highest BCUT2D eigenvalue weighted by molar-refractivity contribution is 7.98. The lowest BCUT2D eigenvalue weighted by atomic mass is 10.2. The fourth-order valence-electron chi connectivity index (χ4n) is 1.54. The molecule has 0 amide bonds. The molecule has 0 radical (unpaired) electrons. The standard InChI is InChI=1S/C15H18N4S/c1-12-14(9-10-19(2)3)16-15(18-17-12)20-11-13-7-5-4-6-8-13/h4-10H,11H2,1-3H3. The van der Waals surface area contributed by atoms with Crippen molar-refractivity contribution in [1.82, 2.24) is 20.1 Å². The Balaban J connectivity index is 2.07. The Morgan fingerprint density at radius 2 is 1.90 bits per heavy atom. The Labute approximate surface area is 123 Å². The Kier molecular flexibility index (Phi) is 5.12. The molecule has 0 N–H and O–H groups in total. The summed E-state index contributed by atoms with van der Waals surface area (Å²) in [6.07, 6.45) is 3.92. The summed E-state index contributed by atoms with van der Waals surface area (Å²) in [5.41, 5.74) is 2.96. The average Bonchev–Trinajstić information content (AvgIpc) is 2.46. The van der Waals surface area contributed by atoms with Crippen LogP contribution in [0.4, 0.5) is 0 Å². The first-order valence-electron chi connectivity index (χ1n) is 6.38. The largest absolute Gasteiger partial charge is 0.383 e. The Bertz CT molecular complexity index is 582. The lowest BCUT2D eigenvalue weighted by Gasteiger charge is -2.05. The summed E-state index contributed by atoms with van der Waals surface area (Å²) in [5, 5.41) is 9.01. The van der Waals surface area contributed by atoms with Gasteiger partial charge in [0.25, 0.3) is 0 Å². The molecule has 0 aliphatic carbocycles. The van der Waals surface area contributed by atoms with Crippen LogP contribution in [0, 0.1) is 6.92 Å². The van der Waals surface area contributed by atoms with Gasteiger partial charge in [-0.25, -0.2) is 4.98 Å². The molecular weight excluding hydrogens is 268 g/mol. The molecule has 2 rings (SSSR count). The van der Waals surface area contributed by atoms with Crippen molar-refractivity contribution in [2.75, 3.05) is 14.1 Å². The van der Waals surface area contributed by atoms with E-state index in [4.69, 9.17) is 0 Å². The van der Waals surface area contributed by atoms with Gasteiger partial charge >= 0.3 is 0 Å². The third-order valence-electron chi connectivity index (χ3n) is 2.61. The van der Waals surface area contributed by atoms with Gasteiger partial charge < -0.3 is 4.90 Å². The van der Waals surface area contributed by atoms with E-state index in [1.54, 1.807) is 11.8 Å². The Morgan fingerprint density at radius 1 is 1.15 bits per heavy atom. The number of benzene rings is 1. The van der Waals surface area contributed by atoms with Crippen LogP contribution in [0.1, 0.15) is 17.0 Å². The topological polar surface area (TPSA) is 41.9 Å². The maximum atomic E-state index is 4.54. The van der Waals surface area contributed by atoms with Crippen molar-refractivity contribution in [2.24, 2.45) is 0 Å². The van der Waals surface area contributed by atoms with E-state index >= 15 is 0 Å². The lowest BCUT2D eigenvalue weighted by Crippen LogP contribution is -2.02. The van der Waals surface area contributed by atoms with Crippen LogP contribution in [0.25, 0.3) is 6.08 Å². The van der Waals surface area contributed by atoms with Gasteiger partial charge in [-0.1, -0.05) is 42.1 Å². The molecule has 2 aromatic rings. The van der Waals surface area contributed by atoms with E-state index in [0.29, 0.717) is 5.16 Å². The number of hydrogen-bond donors (Lipinski definition) is 0. The van der Waals surface area contributed by atoms with Crippen LogP contribution >= 0.6 is 11.8 Å². The molecule has 0 spiro atoms. The smallest absolute Gasteiger partial charge is 0.209 e. The first kappa shape index (κ1) is 14.5. The third kappa shape index (κ3) is 4.35. The summed E-state index contributed by atoms with van der Waals surface area (Å²) in [4.78, 5) is 6.51. The molecule has 5 heteroatoms. The highest BCUT2D eigenvalue weighted by Gasteiger charge is 2.04. The molecule has 0 bridgehead atoms. The van der Waals surface area contributed by atoms with Crippen molar-refractivity contribution in [3.8, 4) is 0 Å². The molecule has 104 valence electrons. The summed E-state index contributed by atoms with van der Waals surface area (Å²) in [6, 6.07) is 10.3. The predicted molar refractivity (Wildman–Crippen MR) is 83.3 cm³/mol. The van der Waals surface area contributed by atoms with Gasteiger partial charge in [-0.3, -0.25) is 0 Å². The van der Waals surface area contributed by atoms with Crippen molar-refractivity contribution in [3.05, 3.63) is 53.5 Å². The molecular formula is C15H18N4S. The zero-order valence-electron chi connectivity index (χ0n) is 11.9. The van der Waals surface area contributed by atoms with Gasteiger partial charge in [0.05, 0.1) is 11.4 Å². The summed E-state index contributed by atoms with van der Waals surface area (Å²) >= 11 is 1.60. The van der Waals surface area contributed by atoms with E-state index in [2.05, 4.69) is 27.3 Å². The minimum Gasteiger partial charge on any atom is -0.383 e. The summed E-state index contributed by atoms with van der Waals surface area (Å²) in [7, 11) is 3.96. The minimum atomic E-state index is 0.706. The maximum Gasteiger partial charge on any atom is 0.209 e. The molecule has 1 aromatic heterocycles. The van der Waals surface area contributed by atoms with Gasteiger partial charge in [0.15, 0.2) is 0 Å². The highest BCUT2D eigenvalue weighted by atomic mass is 32.2. The third-order valence-corrected chi connectivity index (χ3v) is 3.52. The van der Waals surface area contributed by atoms with Crippen LogP contribution in [-0.2, 0) is 5.75 Å². The second-order valence-corrected chi connectivity index (χ2v) is 5.56. The first-order valence-corrected chi connectivity index (χ1v) is 7.36. The number of aromatic nitrogens is 3. The normalized spacial score (nSPS) is 10.9. The molecule has 0 saturated heterocycles. The molecule has 0 aliphatic heterocycles. The number of hydrogen-bond acceptors (Lipinski definition) is 5.